The molecule has 0 aliphatic heterocycles. The molecule has 114 valence electrons. The molecule has 0 N–H and O–H groups in total. The summed E-state index contributed by atoms with van der Waals surface area (Å²) in [5.74, 6) is 1.11. The van der Waals surface area contributed by atoms with Crippen molar-refractivity contribution in [3.05, 3.63) is 12.7 Å². The van der Waals surface area contributed by atoms with Gasteiger partial charge in [0.05, 0.1) is 0 Å². The zero-order chi connectivity index (χ0) is 14.4. The first-order chi connectivity index (χ1) is 9.18. The molecular formula is C18H36S. The summed E-state index contributed by atoms with van der Waals surface area (Å²) >= 11 is 2.13. The number of thioether (sulfide) groups is 1. The van der Waals surface area contributed by atoms with Gasteiger partial charge >= 0.3 is 0 Å². The van der Waals surface area contributed by atoms with E-state index in [0.29, 0.717) is 4.75 Å². The Balaban J connectivity index is 3.91. The van der Waals surface area contributed by atoms with Crippen molar-refractivity contribution in [2.75, 3.05) is 5.75 Å². The third-order valence-electron chi connectivity index (χ3n) is 3.92. The molecule has 0 heterocycles. The van der Waals surface area contributed by atoms with Crippen molar-refractivity contribution >= 4 is 11.8 Å². The van der Waals surface area contributed by atoms with Gasteiger partial charge in [-0.15, -0.1) is 6.58 Å². The van der Waals surface area contributed by atoms with E-state index in [9.17, 15) is 0 Å². The second kappa shape index (κ2) is 13.1. The summed E-state index contributed by atoms with van der Waals surface area (Å²) in [6, 6.07) is 0. The number of rotatable bonds is 14. The minimum absolute atomic E-state index is 0.494. The first-order valence-electron chi connectivity index (χ1n) is 8.43. The smallest absolute Gasteiger partial charge is 0.0135 e. The molecule has 0 amide bonds. The van der Waals surface area contributed by atoms with Crippen molar-refractivity contribution in [1.29, 1.82) is 0 Å². The molecule has 1 heteroatoms. The van der Waals surface area contributed by atoms with E-state index in [-0.39, 0.29) is 0 Å². The molecule has 0 saturated carbocycles. The van der Waals surface area contributed by atoms with Crippen LogP contribution >= 0.6 is 11.8 Å². The molecule has 0 fully saturated rings. The molecule has 0 saturated heterocycles. The van der Waals surface area contributed by atoms with E-state index in [1.807, 2.05) is 0 Å². The second-order valence-electron chi connectivity index (χ2n) is 6.02. The molecule has 0 bridgehead atoms. The molecule has 1 atom stereocenters. The van der Waals surface area contributed by atoms with Crippen LogP contribution in [-0.4, -0.2) is 10.5 Å². The van der Waals surface area contributed by atoms with Gasteiger partial charge in [-0.1, -0.05) is 84.6 Å². The Bertz CT molecular complexity index is 200. The van der Waals surface area contributed by atoms with Crippen LogP contribution in [0.4, 0.5) is 0 Å². The molecule has 0 spiro atoms. The zero-order valence-corrected chi connectivity index (χ0v) is 14.5. The Morgan fingerprint density at radius 3 is 1.79 bits per heavy atom. The van der Waals surface area contributed by atoms with Gasteiger partial charge < -0.3 is 0 Å². The maximum Gasteiger partial charge on any atom is 0.0135 e. The van der Waals surface area contributed by atoms with Crippen LogP contribution in [0.25, 0.3) is 0 Å². The molecule has 0 aromatic heterocycles. The normalized spacial score (nSPS) is 14.3. The molecule has 0 aliphatic carbocycles. The maximum absolute atomic E-state index is 3.87. The standard InChI is InChI=1S/C18H36S/c1-5-8-10-12-14-16-18(4,19-17-7-3)15-13-11-9-6-2/h7H,3,5-6,8-17H2,1-2,4H3. The highest BCUT2D eigenvalue weighted by Gasteiger charge is 2.23. The molecule has 0 aromatic carbocycles. The molecular weight excluding hydrogens is 248 g/mol. The van der Waals surface area contributed by atoms with Gasteiger partial charge in [-0.2, -0.15) is 11.8 Å². The lowest BCUT2D eigenvalue weighted by molar-refractivity contribution is 0.472. The quantitative estimate of drug-likeness (QED) is 0.244. The highest BCUT2D eigenvalue weighted by molar-refractivity contribution is 8.00. The summed E-state index contributed by atoms with van der Waals surface area (Å²) in [5.41, 5.74) is 0. The van der Waals surface area contributed by atoms with E-state index in [4.69, 9.17) is 0 Å². The van der Waals surface area contributed by atoms with Crippen LogP contribution in [0.3, 0.4) is 0 Å². The van der Waals surface area contributed by atoms with Crippen molar-refractivity contribution in [2.24, 2.45) is 0 Å². The first-order valence-corrected chi connectivity index (χ1v) is 9.42. The Hall–Kier alpha value is 0.0900. The SMILES string of the molecule is C=CCSC(C)(CCCCCC)CCCCCCC. The molecule has 0 rings (SSSR count). The summed E-state index contributed by atoms with van der Waals surface area (Å²) in [4.78, 5) is 0. The minimum Gasteiger partial charge on any atom is -0.151 e. The van der Waals surface area contributed by atoms with Crippen molar-refractivity contribution in [3.63, 3.8) is 0 Å². The van der Waals surface area contributed by atoms with Crippen molar-refractivity contribution in [2.45, 2.75) is 96.1 Å². The molecule has 0 radical (unpaired) electrons. The van der Waals surface area contributed by atoms with Gasteiger partial charge in [0, 0.05) is 10.5 Å². The summed E-state index contributed by atoms with van der Waals surface area (Å²) in [6.45, 7) is 10.9. The number of unbranched alkanes of at least 4 members (excludes halogenated alkanes) is 7. The number of hydrogen-bond donors (Lipinski definition) is 0. The highest BCUT2D eigenvalue weighted by atomic mass is 32.2. The van der Waals surface area contributed by atoms with Gasteiger partial charge in [0.15, 0.2) is 0 Å². The second-order valence-corrected chi connectivity index (χ2v) is 7.63. The molecule has 19 heavy (non-hydrogen) atoms. The van der Waals surface area contributed by atoms with Gasteiger partial charge in [0.2, 0.25) is 0 Å². The molecule has 0 nitrogen and oxygen atoms in total. The average molecular weight is 285 g/mol. The Labute approximate surface area is 126 Å². The van der Waals surface area contributed by atoms with Gasteiger partial charge in [-0.3, -0.25) is 0 Å². The summed E-state index contributed by atoms with van der Waals surface area (Å²) in [7, 11) is 0. The molecule has 0 aliphatic rings. The summed E-state index contributed by atoms with van der Waals surface area (Å²) in [5, 5.41) is 0. The summed E-state index contributed by atoms with van der Waals surface area (Å²) in [6.07, 6.45) is 17.4. The van der Waals surface area contributed by atoms with Gasteiger partial charge in [-0.05, 0) is 12.8 Å². The topological polar surface area (TPSA) is 0 Å². The predicted octanol–water partition coefficient (Wildman–Crippen LogP) is 7.00. The van der Waals surface area contributed by atoms with E-state index in [1.54, 1.807) is 0 Å². The van der Waals surface area contributed by atoms with E-state index >= 15 is 0 Å². The van der Waals surface area contributed by atoms with E-state index in [0.717, 1.165) is 5.75 Å². The minimum atomic E-state index is 0.494. The Kier molecular flexibility index (Phi) is 13.2. The predicted molar refractivity (Wildman–Crippen MR) is 93.2 cm³/mol. The van der Waals surface area contributed by atoms with Crippen LogP contribution in [0, 0.1) is 0 Å². The van der Waals surface area contributed by atoms with Crippen molar-refractivity contribution < 1.29 is 0 Å². The van der Waals surface area contributed by atoms with Crippen LogP contribution in [-0.2, 0) is 0 Å². The monoisotopic (exact) mass is 284 g/mol. The Morgan fingerprint density at radius 2 is 1.32 bits per heavy atom. The number of hydrogen-bond acceptors (Lipinski definition) is 1. The lowest BCUT2D eigenvalue weighted by Gasteiger charge is -2.29. The fraction of sp³-hybridized carbons (Fsp3) is 0.889. The van der Waals surface area contributed by atoms with Crippen LogP contribution in [0.15, 0.2) is 12.7 Å². The van der Waals surface area contributed by atoms with E-state index in [2.05, 4.69) is 45.2 Å². The van der Waals surface area contributed by atoms with E-state index < -0.39 is 0 Å². The zero-order valence-electron chi connectivity index (χ0n) is 13.7. The van der Waals surface area contributed by atoms with Crippen LogP contribution in [0.1, 0.15) is 91.4 Å². The first kappa shape index (κ1) is 19.1. The van der Waals surface area contributed by atoms with Gasteiger partial charge in [-0.25, -0.2) is 0 Å². The van der Waals surface area contributed by atoms with Crippen molar-refractivity contribution in [3.8, 4) is 0 Å². The third-order valence-corrected chi connectivity index (χ3v) is 5.43. The fourth-order valence-corrected chi connectivity index (χ4v) is 3.66. The summed E-state index contributed by atoms with van der Waals surface area (Å²) < 4.78 is 0.494. The van der Waals surface area contributed by atoms with Crippen molar-refractivity contribution in [1.82, 2.24) is 0 Å². The third kappa shape index (κ3) is 11.6. The van der Waals surface area contributed by atoms with Crippen LogP contribution in [0.2, 0.25) is 0 Å². The average Bonchev–Trinajstić information content (AvgIpc) is 2.41. The van der Waals surface area contributed by atoms with Gasteiger partial charge in [0.25, 0.3) is 0 Å². The lowest BCUT2D eigenvalue weighted by atomic mass is 9.95. The van der Waals surface area contributed by atoms with Crippen LogP contribution in [0.5, 0.6) is 0 Å². The highest BCUT2D eigenvalue weighted by Crippen LogP contribution is 2.36. The Morgan fingerprint density at radius 1 is 0.842 bits per heavy atom. The maximum atomic E-state index is 3.87. The largest absolute Gasteiger partial charge is 0.151 e. The van der Waals surface area contributed by atoms with Gasteiger partial charge in [0.1, 0.15) is 0 Å². The molecule has 0 aromatic rings. The van der Waals surface area contributed by atoms with Crippen LogP contribution < -0.4 is 0 Å². The molecule has 1 unspecified atom stereocenters. The lowest BCUT2D eigenvalue weighted by Crippen LogP contribution is -2.20. The fourth-order valence-electron chi connectivity index (χ4n) is 2.56. The van der Waals surface area contributed by atoms with E-state index in [1.165, 1.54) is 70.6 Å².